The molecule has 0 saturated carbocycles. The molecule has 6 nitrogen and oxygen atoms in total. The Morgan fingerprint density at radius 2 is 1.56 bits per heavy atom. The monoisotopic (exact) mass is 472 g/mol. The topological polar surface area (TPSA) is 74.8 Å². The van der Waals surface area contributed by atoms with Crippen LogP contribution in [0.2, 0.25) is 0 Å². The summed E-state index contributed by atoms with van der Waals surface area (Å²) in [7, 11) is -3.71. The number of rotatable bonds is 5. The number of carbonyl (C=O) groups is 2. The first-order valence-corrected chi connectivity index (χ1v) is 12.3. The maximum absolute atomic E-state index is 14.0. The van der Waals surface area contributed by atoms with Crippen LogP contribution < -0.4 is 0 Å². The van der Waals surface area contributed by atoms with Crippen LogP contribution in [0.5, 0.6) is 0 Å². The summed E-state index contributed by atoms with van der Waals surface area (Å²) >= 11 is 1.22. The lowest BCUT2D eigenvalue weighted by molar-refractivity contribution is 0.0702. The van der Waals surface area contributed by atoms with Gasteiger partial charge in [-0.05, 0) is 37.3 Å². The van der Waals surface area contributed by atoms with Gasteiger partial charge in [0.15, 0.2) is 5.78 Å². The van der Waals surface area contributed by atoms with Gasteiger partial charge in [0.1, 0.15) is 5.82 Å². The van der Waals surface area contributed by atoms with Gasteiger partial charge in [-0.2, -0.15) is 4.31 Å². The van der Waals surface area contributed by atoms with Crippen molar-refractivity contribution in [1.29, 1.82) is 0 Å². The van der Waals surface area contributed by atoms with E-state index < -0.39 is 10.0 Å². The lowest BCUT2D eigenvalue weighted by atomic mass is 10.2. The molecule has 0 atom stereocenters. The Bertz CT molecular complexity index is 1260. The molecule has 2 aromatic carbocycles. The molecule has 1 amide bonds. The van der Waals surface area contributed by atoms with Gasteiger partial charge in [-0.3, -0.25) is 9.59 Å². The summed E-state index contributed by atoms with van der Waals surface area (Å²) < 4.78 is 41.2. The predicted molar refractivity (Wildman–Crippen MR) is 121 cm³/mol. The Kier molecular flexibility index (Phi) is 6.23. The summed E-state index contributed by atoms with van der Waals surface area (Å²) in [6.45, 7) is 2.29. The van der Waals surface area contributed by atoms with Crippen LogP contribution in [0.1, 0.15) is 27.0 Å². The third-order valence-electron chi connectivity index (χ3n) is 5.38. The van der Waals surface area contributed by atoms with E-state index in [1.165, 1.54) is 52.9 Å². The second-order valence-electron chi connectivity index (χ2n) is 7.42. The molecule has 166 valence electrons. The van der Waals surface area contributed by atoms with Gasteiger partial charge in [0.25, 0.3) is 5.91 Å². The van der Waals surface area contributed by atoms with Gasteiger partial charge in [0.05, 0.1) is 9.77 Å². The average molecular weight is 473 g/mol. The van der Waals surface area contributed by atoms with Gasteiger partial charge in [0, 0.05) is 42.2 Å². The Morgan fingerprint density at radius 3 is 2.19 bits per heavy atom. The molecule has 0 bridgehead atoms. The SMILES string of the molecule is CC(=O)c1ccc(S(=O)(=O)N2CCN(C(=O)c3ccc(-c4ccccc4F)s3)CC2)cc1. The number of ketones is 1. The first-order valence-electron chi connectivity index (χ1n) is 10.0. The summed E-state index contributed by atoms with van der Waals surface area (Å²) in [5.41, 5.74) is 0.897. The van der Waals surface area contributed by atoms with E-state index in [4.69, 9.17) is 0 Å². The zero-order valence-corrected chi connectivity index (χ0v) is 19.0. The Hall–Kier alpha value is -2.88. The van der Waals surface area contributed by atoms with E-state index in [-0.39, 0.29) is 48.6 Å². The molecule has 0 radical (unpaired) electrons. The minimum Gasteiger partial charge on any atom is -0.335 e. The molecule has 4 rings (SSSR count). The summed E-state index contributed by atoms with van der Waals surface area (Å²) in [5.74, 6) is -0.670. The molecule has 0 unspecified atom stereocenters. The Morgan fingerprint density at radius 1 is 0.906 bits per heavy atom. The largest absolute Gasteiger partial charge is 0.335 e. The van der Waals surface area contributed by atoms with Gasteiger partial charge in [0.2, 0.25) is 10.0 Å². The molecule has 0 N–H and O–H groups in total. The summed E-state index contributed by atoms with van der Waals surface area (Å²) in [6, 6.07) is 15.7. The normalized spacial score (nSPS) is 15.0. The lowest BCUT2D eigenvalue weighted by Gasteiger charge is -2.33. The summed E-state index contributed by atoms with van der Waals surface area (Å²) in [5, 5.41) is 0. The van der Waals surface area contributed by atoms with Crippen molar-refractivity contribution in [1.82, 2.24) is 9.21 Å². The van der Waals surface area contributed by atoms with Crippen LogP contribution in [0, 0.1) is 5.82 Å². The zero-order valence-electron chi connectivity index (χ0n) is 17.3. The van der Waals surface area contributed by atoms with E-state index in [0.29, 0.717) is 20.9 Å². The highest BCUT2D eigenvalue weighted by atomic mass is 32.2. The van der Waals surface area contributed by atoms with Crippen molar-refractivity contribution in [3.8, 4) is 10.4 Å². The first kappa shape index (κ1) is 22.3. The molecule has 2 heterocycles. The maximum atomic E-state index is 14.0. The van der Waals surface area contributed by atoms with Gasteiger partial charge < -0.3 is 4.90 Å². The number of sulfonamides is 1. The third-order valence-corrected chi connectivity index (χ3v) is 8.40. The van der Waals surface area contributed by atoms with Crippen LogP contribution in [0.3, 0.4) is 0 Å². The lowest BCUT2D eigenvalue weighted by Crippen LogP contribution is -2.50. The molecule has 1 aromatic heterocycles. The van der Waals surface area contributed by atoms with E-state index in [0.717, 1.165) is 0 Å². The van der Waals surface area contributed by atoms with Gasteiger partial charge >= 0.3 is 0 Å². The van der Waals surface area contributed by atoms with Crippen LogP contribution in [0.4, 0.5) is 4.39 Å². The Balaban J connectivity index is 1.43. The van der Waals surface area contributed by atoms with E-state index in [1.807, 2.05) is 0 Å². The number of hydrogen-bond acceptors (Lipinski definition) is 5. The van der Waals surface area contributed by atoms with Crippen molar-refractivity contribution in [3.05, 3.63) is 76.9 Å². The highest BCUT2D eigenvalue weighted by molar-refractivity contribution is 7.89. The second kappa shape index (κ2) is 8.93. The standard InChI is InChI=1S/C23H21FN2O4S2/c1-16(27)17-6-8-18(9-7-17)32(29,30)26-14-12-25(13-15-26)23(28)22-11-10-21(31-22)19-4-2-3-5-20(19)24/h2-11H,12-15H2,1H3. The zero-order chi connectivity index (χ0) is 22.9. The first-order chi connectivity index (χ1) is 15.3. The number of benzene rings is 2. The molecule has 1 aliphatic rings. The number of thiophene rings is 1. The fraction of sp³-hybridized carbons (Fsp3) is 0.217. The molecule has 1 saturated heterocycles. The van der Waals surface area contributed by atoms with Crippen LogP contribution in [-0.4, -0.2) is 55.5 Å². The number of carbonyl (C=O) groups excluding carboxylic acids is 2. The summed E-state index contributed by atoms with van der Waals surface area (Å²) in [6.07, 6.45) is 0. The highest BCUT2D eigenvalue weighted by Crippen LogP contribution is 2.31. The average Bonchev–Trinajstić information content (AvgIpc) is 3.29. The molecule has 9 heteroatoms. The number of amides is 1. The minimum atomic E-state index is -3.71. The van der Waals surface area contributed by atoms with Crippen molar-refractivity contribution in [3.63, 3.8) is 0 Å². The molecule has 0 spiro atoms. The van der Waals surface area contributed by atoms with Crippen molar-refractivity contribution in [2.75, 3.05) is 26.2 Å². The van der Waals surface area contributed by atoms with Crippen LogP contribution in [-0.2, 0) is 10.0 Å². The Labute approximate surface area is 190 Å². The van der Waals surface area contributed by atoms with Crippen LogP contribution >= 0.6 is 11.3 Å². The molecule has 1 fully saturated rings. The van der Waals surface area contributed by atoms with E-state index in [9.17, 15) is 22.4 Å². The van der Waals surface area contributed by atoms with Gasteiger partial charge in [-0.25, -0.2) is 12.8 Å². The van der Waals surface area contributed by atoms with Crippen molar-refractivity contribution < 1.29 is 22.4 Å². The minimum absolute atomic E-state index is 0.120. The number of halogens is 1. The van der Waals surface area contributed by atoms with Crippen LogP contribution in [0.15, 0.2) is 65.6 Å². The molecule has 0 aliphatic carbocycles. The van der Waals surface area contributed by atoms with Gasteiger partial charge in [-0.1, -0.05) is 30.3 Å². The predicted octanol–water partition coefficient (Wildman–Crippen LogP) is 3.90. The smallest absolute Gasteiger partial charge is 0.264 e. The van der Waals surface area contributed by atoms with Crippen molar-refractivity contribution >= 4 is 33.1 Å². The molecule has 1 aliphatic heterocycles. The maximum Gasteiger partial charge on any atom is 0.264 e. The third kappa shape index (κ3) is 4.36. The number of nitrogens with zero attached hydrogens (tertiary/aromatic N) is 2. The molecular formula is C23H21FN2O4S2. The number of hydrogen-bond donors (Lipinski definition) is 0. The highest BCUT2D eigenvalue weighted by Gasteiger charge is 2.31. The van der Waals surface area contributed by atoms with Crippen molar-refractivity contribution in [2.24, 2.45) is 0 Å². The van der Waals surface area contributed by atoms with E-state index in [2.05, 4.69) is 0 Å². The molecule has 3 aromatic rings. The molecule has 32 heavy (non-hydrogen) atoms. The van der Waals surface area contributed by atoms with E-state index >= 15 is 0 Å². The van der Waals surface area contributed by atoms with Gasteiger partial charge in [-0.15, -0.1) is 11.3 Å². The number of piperazine rings is 1. The second-order valence-corrected chi connectivity index (χ2v) is 10.4. The fourth-order valence-corrected chi connectivity index (χ4v) is 5.98. The van der Waals surface area contributed by atoms with Crippen molar-refractivity contribution in [2.45, 2.75) is 11.8 Å². The quantitative estimate of drug-likeness (QED) is 0.528. The summed E-state index contributed by atoms with van der Waals surface area (Å²) in [4.78, 5) is 27.2. The fourth-order valence-electron chi connectivity index (χ4n) is 3.56. The van der Waals surface area contributed by atoms with Crippen LogP contribution in [0.25, 0.3) is 10.4 Å². The van der Waals surface area contributed by atoms with E-state index in [1.54, 1.807) is 35.2 Å². The number of Topliss-reactive ketones (excluding diaryl/α,β-unsaturated/α-hetero) is 1. The molecular weight excluding hydrogens is 451 g/mol.